The molecule has 18 heteroatoms. The molecule has 1 fully saturated rings. The Morgan fingerprint density at radius 2 is 1.37 bits per heavy atom. The first-order valence-electron chi connectivity index (χ1n) is 20.6. The van der Waals surface area contributed by atoms with Crippen molar-refractivity contribution in [2.45, 2.75) is 54.4 Å². The van der Waals surface area contributed by atoms with Gasteiger partial charge >= 0.3 is 0 Å². The highest BCUT2D eigenvalue weighted by molar-refractivity contribution is 9.10. The fraction of sp³-hybridized carbons (Fsp3) is 0.333. The smallest absolute Gasteiger partial charge is 0.264 e. The molecule has 0 bridgehead atoms. The highest BCUT2D eigenvalue weighted by Gasteiger charge is 2.45. The number of anilines is 1. The third-order valence-electron chi connectivity index (χ3n) is 10.7. The van der Waals surface area contributed by atoms with E-state index in [0.717, 1.165) is 24.5 Å². The number of fused-ring (bicyclic) bond motifs is 1. The normalized spacial score (nSPS) is 15.8. The van der Waals surface area contributed by atoms with Gasteiger partial charge < -0.3 is 25.4 Å². The first-order chi connectivity index (χ1) is 30.5. The third-order valence-corrected chi connectivity index (χ3v) is 12.3. The number of piperidine rings is 1. The van der Waals surface area contributed by atoms with E-state index >= 15 is 0 Å². The quantitative estimate of drug-likeness (QED) is 0.0663. The van der Waals surface area contributed by atoms with Gasteiger partial charge in [-0.2, -0.15) is 0 Å². The molecule has 4 aromatic carbocycles. The number of nitrogens with zero attached hydrogens (tertiary/aromatic N) is 2. The first-order valence-corrected chi connectivity index (χ1v) is 22.3. The second-order valence-electron chi connectivity index (χ2n) is 14.9. The lowest BCUT2D eigenvalue weighted by Gasteiger charge is -2.27. The number of rotatable bonds is 21. The van der Waals surface area contributed by atoms with E-state index < -0.39 is 41.5 Å². The molecule has 1 atom stereocenters. The number of imide groups is 3. The standard InChI is InChI=1S/C45H45BrN6O10S/c46-27-11-13-28(14-12-27)63-35-17-15-32-39-29(35)5-3-6-30(39)42(57)51(43(32)58)22-19-48-36(53)9-1-2-10-37(54)49-21-24-62-26-25-61-23-20-47-33-8-4-7-31-40(33)45(60)52(44(31)59)34-16-18-38(55)50-41(34)56/h3-8,11-15,17,34,47H,1-2,9-10,16,18-26H2,(H,48,53)(H,49,54)(H,50,55,56). The van der Waals surface area contributed by atoms with Gasteiger partial charge in [-0.3, -0.25) is 53.5 Å². The molecule has 0 saturated carbocycles. The Labute approximate surface area is 375 Å². The van der Waals surface area contributed by atoms with Gasteiger partial charge in [-0.1, -0.05) is 45.9 Å². The number of unbranched alkanes of at least 4 members (excludes halogenated alkanes) is 1. The van der Waals surface area contributed by atoms with Crippen LogP contribution in [0.4, 0.5) is 5.69 Å². The van der Waals surface area contributed by atoms with Crippen molar-refractivity contribution < 1.29 is 47.8 Å². The SMILES string of the molecule is O=C(CCCCC(=O)NCCN1C(=O)c2cccc3c(Sc4ccc(Br)cc4)ccc(c23)C1=O)NCCOCCOCCNc1cccc2c1C(=O)N(C1CCC(=O)NC1=O)C2=O. The highest BCUT2D eigenvalue weighted by atomic mass is 79.9. The molecule has 1 unspecified atom stereocenters. The molecule has 0 radical (unpaired) electrons. The van der Waals surface area contributed by atoms with Crippen molar-refractivity contribution in [2.75, 3.05) is 57.9 Å². The minimum absolute atomic E-state index is 0.0292. The van der Waals surface area contributed by atoms with Crippen LogP contribution >= 0.6 is 27.7 Å². The van der Waals surface area contributed by atoms with Gasteiger partial charge in [0.15, 0.2) is 0 Å². The Morgan fingerprint density at radius 1 is 0.714 bits per heavy atom. The number of amides is 8. The Hall–Kier alpha value is -5.95. The summed E-state index contributed by atoms with van der Waals surface area (Å²) in [5.74, 6) is -3.46. The molecular weight excluding hydrogens is 896 g/mol. The van der Waals surface area contributed by atoms with Crippen LogP contribution in [0.2, 0.25) is 0 Å². The van der Waals surface area contributed by atoms with Gasteiger partial charge in [0.05, 0.1) is 37.6 Å². The summed E-state index contributed by atoms with van der Waals surface area (Å²) in [6, 6.07) is 20.8. The van der Waals surface area contributed by atoms with Crippen molar-refractivity contribution in [3.8, 4) is 0 Å². The summed E-state index contributed by atoms with van der Waals surface area (Å²) in [7, 11) is 0. The molecular formula is C45H45BrN6O10S. The van der Waals surface area contributed by atoms with Crippen LogP contribution in [0.5, 0.6) is 0 Å². The summed E-state index contributed by atoms with van der Waals surface area (Å²) in [4.78, 5) is 106. The minimum Gasteiger partial charge on any atom is -0.382 e. The number of carbonyl (C=O) groups excluding carboxylic acids is 8. The van der Waals surface area contributed by atoms with Crippen LogP contribution in [-0.4, -0.2) is 116 Å². The molecule has 4 N–H and O–H groups in total. The van der Waals surface area contributed by atoms with Crippen LogP contribution in [0.15, 0.2) is 87.1 Å². The van der Waals surface area contributed by atoms with Crippen LogP contribution < -0.4 is 21.3 Å². The first kappa shape index (κ1) is 45.1. The number of hydrogen-bond acceptors (Lipinski definition) is 12. The molecule has 3 aliphatic rings. The van der Waals surface area contributed by atoms with E-state index in [4.69, 9.17) is 9.47 Å². The number of benzene rings is 4. The molecule has 16 nitrogen and oxygen atoms in total. The average Bonchev–Trinajstić information content (AvgIpc) is 3.53. The minimum atomic E-state index is -1.04. The lowest BCUT2D eigenvalue weighted by Crippen LogP contribution is -2.54. The summed E-state index contributed by atoms with van der Waals surface area (Å²) >= 11 is 5.01. The molecule has 8 amide bonds. The van der Waals surface area contributed by atoms with Gasteiger partial charge in [-0.05, 0) is 79.2 Å². The summed E-state index contributed by atoms with van der Waals surface area (Å²) in [6.07, 6.45) is 1.55. The van der Waals surface area contributed by atoms with Crippen LogP contribution in [0.1, 0.15) is 80.0 Å². The van der Waals surface area contributed by atoms with Gasteiger partial charge in [0.1, 0.15) is 6.04 Å². The monoisotopic (exact) mass is 940 g/mol. The van der Waals surface area contributed by atoms with E-state index in [9.17, 15) is 38.4 Å². The number of ether oxygens (including phenoxy) is 2. The van der Waals surface area contributed by atoms with E-state index in [1.54, 1.807) is 36.0 Å². The topological polar surface area (TPSA) is 210 Å². The van der Waals surface area contributed by atoms with Crippen molar-refractivity contribution in [3.05, 3.63) is 99.5 Å². The fourth-order valence-electron chi connectivity index (χ4n) is 7.60. The number of carbonyl (C=O) groups is 8. The van der Waals surface area contributed by atoms with Crippen molar-refractivity contribution in [1.82, 2.24) is 25.8 Å². The maximum Gasteiger partial charge on any atom is 0.264 e. The zero-order valence-corrected chi connectivity index (χ0v) is 36.6. The summed E-state index contributed by atoms with van der Waals surface area (Å²) in [5, 5.41) is 12.3. The Balaban J connectivity index is 0.720. The molecule has 0 spiro atoms. The molecule has 0 aliphatic carbocycles. The van der Waals surface area contributed by atoms with E-state index in [-0.39, 0.29) is 88.1 Å². The third kappa shape index (κ3) is 10.6. The zero-order chi connectivity index (χ0) is 44.5. The van der Waals surface area contributed by atoms with Crippen LogP contribution in [0.25, 0.3) is 10.8 Å². The van der Waals surface area contributed by atoms with Gasteiger partial charge in [0.2, 0.25) is 23.6 Å². The lowest BCUT2D eigenvalue weighted by molar-refractivity contribution is -0.136. The lowest BCUT2D eigenvalue weighted by atomic mass is 9.94. The maximum absolute atomic E-state index is 13.5. The fourth-order valence-corrected chi connectivity index (χ4v) is 8.81. The van der Waals surface area contributed by atoms with Gasteiger partial charge in [0.25, 0.3) is 23.6 Å². The second kappa shape index (κ2) is 20.9. The summed E-state index contributed by atoms with van der Waals surface area (Å²) in [6.45, 7) is 1.91. The number of nitrogens with one attached hydrogen (secondary N) is 4. The molecule has 328 valence electrons. The molecule has 3 aliphatic heterocycles. The van der Waals surface area contributed by atoms with Crippen molar-refractivity contribution in [1.29, 1.82) is 0 Å². The number of hydrogen-bond donors (Lipinski definition) is 4. The molecule has 3 heterocycles. The molecule has 7 rings (SSSR count). The molecule has 63 heavy (non-hydrogen) atoms. The van der Waals surface area contributed by atoms with Crippen molar-refractivity contribution in [2.24, 2.45) is 0 Å². The van der Waals surface area contributed by atoms with Crippen LogP contribution in [-0.2, 0) is 28.7 Å². The van der Waals surface area contributed by atoms with Gasteiger partial charge in [-0.15, -0.1) is 0 Å². The largest absolute Gasteiger partial charge is 0.382 e. The summed E-state index contributed by atoms with van der Waals surface area (Å²) < 4.78 is 12.1. The predicted molar refractivity (Wildman–Crippen MR) is 235 cm³/mol. The average molecular weight is 942 g/mol. The Morgan fingerprint density at radius 3 is 2.08 bits per heavy atom. The Kier molecular flexibility index (Phi) is 15.0. The molecule has 4 aromatic rings. The van der Waals surface area contributed by atoms with Crippen LogP contribution in [0, 0.1) is 0 Å². The van der Waals surface area contributed by atoms with E-state index in [1.165, 1.54) is 11.0 Å². The summed E-state index contributed by atoms with van der Waals surface area (Å²) in [5.41, 5.74) is 1.70. The van der Waals surface area contributed by atoms with Crippen LogP contribution in [0.3, 0.4) is 0 Å². The van der Waals surface area contributed by atoms with E-state index in [2.05, 4.69) is 37.2 Å². The van der Waals surface area contributed by atoms with Crippen molar-refractivity contribution in [3.63, 3.8) is 0 Å². The maximum atomic E-state index is 13.5. The van der Waals surface area contributed by atoms with E-state index in [0.29, 0.717) is 48.1 Å². The zero-order valence-electron chi connectivity index (χ0n) is 34.2. The highest BCUT2D eigenvalue weighted by Crippen LogP contribution is 2.39. The Bertz CT molecular complexity index is 2440. The number of halogens is 1. The second-order valence-corrected chi connectivity index (χ2v) is 16.9. The van der Waals surface area contributed by atoms with Crippen molar-refractivity contribution >= 4 is 91.4 Å². The van der Waals surface area contributed by atoms with Gasteiger partial charge in [-0.25, -0.2) is 0 Å². The molecule has 1 saturated heterocycles. The molecule has 0 aromatic heterocycles. The van der Waals surface area contributed by atoms with E-state index in [1.807, 2.05) is 42.5 Å². The predicted octanol–water partition coefficient (Wildman–Crippen LogP) is 4.69. The van der Waals surface area contributed by atoms with Gasteiger partial charge in [0, 0.05) is 81.9 Å².